The molecule has 0 heterocycles. The molecule has 0 N–H and O–H groups in total. The fourth-order valence-electron chi connectivity index (χ4n) is 0.664. The molecule has 0 aliphatic carbocycles. The molecule has 0 atom stereocenters. The predicted octanol–water partition coefficient (Wildman–Crippen LogP) is -0.156. The highest BCUT2D eigenvalue weighted by Gasteiger charge is 1.95. The van der Waals surface area contributed by atoms with Crippen LogP contribution in [0, 0.1) is 10.1 Å². The number of hydrogen-bond acceptors (Lipinski definition) is 3. The summed E-state index contributed by atoms with van der Waals surface area (Å²) in [4.78, 5) is 9.56. The predicted molar refractivity (Wildman–Crippen MR) is 41.7 cm³/mol. The highest BCUT2D eigenvalue weighted by Crippen LogP contribution is 1.88. The molecule has 0 fully saturated rings. The maximum atomic E-state index is 9.82. The zero-order valence-corrected chi connectivity index (χ0v) is 7.62. The number of nitrogens with zero attached hydrogens (tertiary/aromatic N) is 1. The number of rotatable bonds is 6. The van der Waals surface area contributed by atoms with Crippen molar-refractivity contribution < 1.29 is 9.66 Å². The number of hydrogen-bond donors (Lipinski definition) is 0. The van der Waals surface area contributed by atoms with Gasteiger partial charge < -0.3 is 4.74 Å². The van der Waals surface area contributed by atoms with Crippen LogP contribution < -0.4 is 0 Å². The van der Waals surface area contributed by atoms with Crippen molar-refractivity contribution in [1.29, 1.82) is 0 Å². The Morgan fingerprint density at radius 1 is 1.70 bits per heavy atom. The van der Waals surface area contributed by atoms with Crippen LogP contribution in [0.4, 0.5) is 0 Å². The summed E-state index contributed by atoms with van der Waals surface area (Å²) in [5, 5.41) is 9.82. The fraction of sp³-hybridized carbons (Fsp3) is 1.00. The van der Waals surface area contributed by atoms with Crippen molar-refractivity contribution >= 4 is 9.52 Å². The Morgan fingerprint density at radius 2 is 2.40 bits per heavy atom. The van der Waals surface area contributed by atoms with E-state index in [0.717, 1.165) is 18.7 Å². The van der Waals surface area contributed by atoms with Crippen LogP contribution >= 0.6 is 0 Å². The summed E-state index contributed by atoms with van der Waals surface area (Å²) < 4.78 is 4.84. The van der Waals surface area contributed by atoms with Crippen LogP contribution in [0.1, 0.15) is 6.42 Å². The first kappa shape index (κ1) is 9.58. The van der Waals surface area contributed by atoms with Gasteiger partial charge >= 0.3 is 0 Å². The monoisotopic (exact) mass is 163 g/mol. The van der Waals surface area contributed by atoms with Crippen LogP contribution in [-0.4, -0.2) is 34.3 Å². The van der Waals surface area contributed by atoms with E-state index in [2.05, 4.69) is 0 Å². The minimum Gasteiger partial charge on any atom is -0.389 e. The van der Waals surface area contributed by atoms with Gasteiger partial charge in [-0.15, -0.1) is 0 Å². The van der Waals surface area contributed by atoms with Crippen molar-refractivity contribution in [2.24, 2.45) is 0 Å². The van der Waals surface area contributed by atoms with Crippen LogP contribution in [0.3, 0.4) is 0 Å². The van der Waals surface area contributed by atoms with Crippen LogP contribution in [0.15, 0.2) is 0 Å². The molecule has 4 nitrogen and oxygen atoms in total. The topological polar surface area (TPSA) is 52.4 Å². The molecule has 0 unspecified atom stereocenters. The van der Waals surface area contributed by atoms with E-state index in [1.807, 2.05) is 0 Å². The standard InChI is InChI=1S/C5H13NO3Si/c1-9-5-10-4-2-3-6(7)8/h2-5,10H2,1H3. The molecule has 10 heavy (non-hydrogen) atoms. The first-order valence-electron chi connectivity index (χ1n) is 3.38. The molecule has 0 saturated carbocycles. The molecule has 0 aromatic carbocycles. The number of nitro groups is 1. The van der Waals surface area contributed by atoms with Crippen molar-refractivity contribution in [1.82, 2.24) is 0 Å². The maximum Gasteiger partial charge on any atom is 0.203 e. The summed E-state index contributed by atoms with van der Waals surface area (Å²) in [6, 6.07) is 1.02. The third kappa shape index (κ3) is 7.58. The molecule has 0 radical (unpaired) electrons. The van der Waals surface area contributed by atoms with Gasteiger partial charge in [-0.2, -0.15) is 0 Å². The Hall–Kier alpha value is -0.423. The van der Waals surface area contributed by atoms with Crippen LogP contribution in [0.2, 0.25) is 6.04 Å². The van der Waals surface area contributed by atoms with Gasteiger partial charge in [0, 0.05) is 24.7 Å². The van der Waals surface area contributed by atoms with E-state index in [9.17, 15) is 10.1 Å². The molecule has 0 saturated heterocycles. The van der Waals surface area contributed by atoms with Gasteiger partial charge in [-0.1, -0.05) is 6.04 Å². The molecular weight excluding hydrogens is 150 g/mol. The number of ether oxygens (including phenoxy) is 1. The Bertz CT molecular complexity index is 98.9. The van der Waals surface area contributed by atoms with E-state index in [1.165, 1.54) is 0 Å². The summed E-state index contributed by atoms with van der Waals surface area (Å²) in [5.74, 6) is 0. The Labute approximate surface area is 62.5 Å². The maximum absolute atomic E-state index is 9.82. The van der Waals surface area contributed by atoms with E-state index in [4.69, 9.17) is 4.74 Å². The SMILES string of the molecule is COC[SiH2]CCC[N+](=O)[O-]. The summed E-state index contributed by atoms with van der Waals surface area (Å²) >= 11 is 0. The van der Waals surface area contributed by atoms with Gasteiger partial charge in [0.2, 0.25) is 6.54 Å². The van der Waals surface area contributed by atoms with E-state index in [0.29, 0.717) is 0 Å². The third-order valence-electron chi connectivity index (χ3n) is 1.19. The lowest BCUT2D eigenvalue weighted by molar-refractivity contribution is -0.479. The van der Waals surface area contributed by atoms with Gasteiger partial charge in [0.05, 0.1) is 9.52 Å². The van der Waals surface area contributed by atoms with Gasteiger partial charge in [-0.3, -0.25) is 10.1 Å². The summed E-state index contributed by atoms with van der Waals surface area (Å²) in [7, 11) is 1.51. The second-order valence-electron chi connectivity index (χ2n) is 2.11. The van der Waals surface area contributed by atoms with Crippen LogP contribution in [-0.2, 0) is 4.74 Å². The molecule has 5 heteroatoms. The quantitative estimate of drug-likeness (QED) is 0.237. The van der Waals surface area contributed by atoms with Crippen molar-refractivity contribution in [2.75, 3.05) is 19.9 Å². The van der Waals surface area contributed by atoms with Crippen molar-refractivity contribution in [3.05, 3.63) is 10.1 Å². The smallest absolute Gasteiger partial charge is 0.203 e. The van der Waals surface area contributed by atoms with Gasteiger partial charge in [-0.05, 0) is 0 Å². The Kier molecular flexibility index (Phi) is 6.41. The van der Waals surface area contributed by atoms with E-state index >= 15 is 0 Å². The van der Waals surface area contributed by atoms with Gasteiger partial charge in [0.25, 0.3) is 0 Å². The zero-order chi connectivity index (χ0) is 7.82. The molecule has 60 valence electrons. The minimum atomic E-state index is -0.263. The van der Waals surface area contributed by atoms with Crippen LogP contribution in [0.25, 0.3) is 0 Å². The molecule has 0 bridgehead atoms. The van der Waals surface area contributed by atoms with Gasteiger partial charge in [0.15, 0.2) is 0 Å². The second-order valence-corrected chi connectivity index (χ2v) is 3.93. The zero-order valence-electron chi connectivity index (χ0n) is 6.21. The lowest BCUT2D eigenvalue weighted by atomic mass is 10.5. The molecule has 0 spiro atoms. The molecule has 0 aromatic heterocycles. The molecule has 0 amide bonds. The van der Waals surface area contributed by atoms with E-state index in [-0.39, 0.29) is 21.0 Å². The number of methoxy groups -OCH3 is 1. The largest absolute Gasteiger partial charge is 0.389 e. The first-order valence-corrected chi connectivity index (χ1v) is 5.38. The minimum absolute atomic E-state index is 0.122. The lowest BCUT2D eigenvalue weighted by Gasteiger charge is -1.94. The van der Waals surface area contributed by atoms with Gasteiger partial charge in [0.1, 0.15) is 0 Å². The second kappa shape index (κ2) is 6.69. The lowest BCUT2D eigenvalue weighted by Crippen LogP contribution is -2.05. The molecule has 0 rings (SSSR count). The molecule has 0 aliphatic heterocycles. The third-order valence-corrected chi connectivity index (χ3v) is 2.89. The van der Waals surface area contributed by atoms with Crippen LogP contribution in [0.5, 0.6) is 0 Å². The molecule has 0 aromatic rings. The van der Waals surface area contributed by atoms with E-state index in [1.54, 1.807) is 7.11 Å². The Balaban J connectivity index is 2.84. The highest BCUT2D eigenvalue weighted by atomic mass is 28.2. The van der Waals surface area contributed by atoms with Crippen molar-refractivity contribution in [3.63, 3.8) is 0 Å². The Morgan fingerprint density at radius 3 is 2.90 bits per heavy atom. The normalized spacial score (nSPS) is 10.9. The van der Waals surface area contributed by atoms with Crippen molar-refractivity contribution in [3.8, 4) is 0 Å². The average Bonchev–Trinajstić information content (AvgIpc) is 1.87. The summed E-state index contributed by atoms with van der Waals surface area (Å²) in [5.41, 5.74) is 0. The highest BCUT2D eigenvalue weighted by molar-refractivity contribution is 6.35. The summed E-state index contributed by atoms with van der Waals surface area (Å²) in [6.45, 7) is 0.122. The summed E-state index contributed by atoms with van der Waals surface area (Å²) in [6.07, 6.45) is 1.57. The molecule has 0 aliphatic rings. The van der Waals surface area contributed by atoms with E-state index < -0.39 is 0 Å². The van der Waals surface area contributed by atoms with Gasteiger partial charge in [-0.25, -0.2) is 0 Å². The van der Waals surface area contributed by atoms with Crippen molar-refractivity contribution in [2.45, 2.75) is 12.5 Å². The average molecular weight is 163 g/mol. The fourth-order valence-corrected chi connectivity index (χ4v) is 1.73. The first-order chi connectivity index (χ1) is 4.77. The molecular formula is C5H13NO3Si.